The molecule has 0 bridgehead atoms. The molecule has 4 N–H and O–H groups in total. The van der Waals surface area contributed by atoms with Crippen LogP contribution in [0.2, 0.25) is 0 Å². The summed E-state index contributed by atoms with van der Waals surface area (Å²) in [6.07, 6.45) is -3.38. The third kappa shape index (κ3) is 3.74. The van der Waals surface area contributed by atoms with Gasteiger partial charge >= 0.3 is 0 Å². The van der Waals surface area contributed by atoms with Crippen LogP contribution in [0.3, 0.4) is 0 Å². The Kier molecular flexibility index (Phi) is 6.14. The van der Waals surface area contributed by atoms with E-state index in [0.717, 1.165) is 46.4 Å². The van der Waals surface area contributed by atoms with Crippen LogP contribution in [0.5, 0.6) is 5.75 Å². The molecule has 0 aliphatic carbocycles. The molecule has 0 unspecified atom stereocenters. The molecule has 30 heavy (non-hydrogen) atoms. The van der Waals surface area contributed by atoms with Crippen LogP contribution in [0, 0.1) is 6.92 Å². The Balaban J connectivity index is 1.72. The first-order valence-corrected chi connectivity index (χ1v) is 10.6. The number of benzene rings is 2. The number of rotatable bonds is 5. The van der Waals surface area contributed by atoms with Crippen molar-refractivity contribution in [3.63, 3.8) is 0 Å². The van der Waals surface area contributed by atoms with Crippen LogP contribution in [0.1, 0.15) is 46.4 Å². The van der Waals surface area contributed by atoms with Gasteiger partial charge in [-0.3, -0.25) is 0 Å². The SMILES string of the molecule is CCc1ccc(Cc2cc([C@@H]3O[C@H](CO)[C@@H](O)[C@H](O)[C@H]3O)c(C)c3c2OCC3)cc1. The van der Waals surface area contributed by atoms with E-state index < -0.39 is 37.1 Å². The van der Waals surface area contributed by atoms with Gasteiger partial charge in [-0.05, 0) is 47.2 Å². The van der Waals surface area contributed by atoms with E-state index in [0.29, 0.717) is 13.0 Å². The van der Waals surface area contributed by atoms with Gasteiger partial charge in [-0.15, -0.1) is 0 Å². The van der Waals surface area contributed by atoms with Gasteiger partial charge < -0.3 is 29.9 Å². The second-order valence-corrected chi connectivity index (χ2v) is 8.25. The van der Waals surface area contributed by atoms with E-state index in [1.807, 2.05) is 13.0 Å². The molecule has 2 aliphatic heterocycles. The average molecular weight is 414 g/mol. The van der Waals surface area contributed by atoms with Crippen molar-refractivity contribution < 1.29 is 29.9 Å². The van der Waals surface area contributed by atoms with E-state index >= 15 is 0 Å². The first kappa shape index (κ1) is 21.3. The fourth-order valence-electron chi connectivity index (χ4n) is 4.53. The molecule has 1 saturated heterocycles. The molecule has 2 aromatic rings. The Labute approximate surface area is 176 Å². The minimum absolute atomic E-state index is 0.439. The highest BCUT2D eigenvalue weighted by molar-refractivity contribution is 5.54. The molecule has 2 aromatic carbocycles. The Bertz CT molecular complexity index is 892. The largest absolute Gasteiger partial charge is 0.493 e. The van der Waals surface area contributed by atoms with Gasteiger partial charge in [0, 0.05) is 18.4 Å². The van der Waals surface area contributed by atoms with Crippen molar-refractivity contribution in [2.45, 2.75) is 63.6 Å². The first-order valence-electron chi connectivity index (χ1n) is 10.6. The molecule has 0 amide bonds. The molecule has 5 atom stereocenters. The molecule has 0 radical (unpaired) electrons. The number of aryl methyl sites for hydroxylation is 1. The summed E-state index contributed by atoms with van der Waals surface area (Å²) in [4.78, 5) is 0. The summed E-state index contributed by atoms with van der Waals surface area (Å²) < 4.78 is 11.8. The molecule has 0 saturated carbocycles. The number of fused-ring (bicyclic) bond motifs is 1. The lowest BCUT2D eigenvalue weighted by Crippen LogP contribution is -2.55. The maximum absolute atomic E-state index is 10.6. The van der Waals surface area contributed by atoms with Crippen molar-refractivity contribution in [1.82, 2.24) is 0 Å². The standard InChI is InChI=1S/C24H30O6/c1-3-14-4-6-15(7-5-14)10-16-11-18(13(2)17-8-9-29-23(16)17)24-22(28)21(27)20(26)19(12-25)30-24/h4-7,11,19-22,24-28H,3,8-10,12H2,1-2H3/t19-,20-,21+,22-,24+/m1/s1. The highest BCUT2D eigenvalue weighted by atomic mass is 16.5. The van der Waals surface area contributed by atoms with E-state index in [9.17, 15) is 20.4 Å². The second kappa shape index (κ2) is 8.65. The van der Waals surface area contributed by atoms with Crippen molar-refractivity contribution in [3.05, 3.63) is 63.7 Å². The topological polar surface area (TPSA) is 99.4 Å². The quantitative estimate of drug-likeness (QED) is 0.593. The Hall–Kier alpha value is -1.96. The number of ether oxygens (including phenoxy) is 2. The van der Waals surface area contributed by atoms with Gasteiger partial charge in [-0.25, -0.2) is 0 Å². The van der Waals surface area contributed by atoms with E-state index in [4.69, 9.17) is 9.47 Å². The van der Waals surface area contributed by atoms with Gasteiger partial charge in [-0.2, -0.15) is 0 Å². The van der Waals surface area contributed by atoms with Crippen LogP contribution in [0.15, 0.2) is 30.3 Å². The lowest BCUT2D eigenvalue weighted by molar-refractivity contribution is -0.231. The minimum Gasteiger partial charge on any atom is -0.493 e. The van der Waals surface area contributed by atoms with E-state index in [2.05, 4.69) is 31.2 Å². The molecule has 6 nitrogen and oxygen atoms in total. The van der Waals surface area contributed by atoms with Crippen molar-refractivity contribution in [1.29, 1.82) is 0 Å². The zero-order valence-electron chi connectivity index (χ0n) is 17.4. The Morgan fingerprint density at radius 1 is 1.00 bits per heavy atom. The summed E-state index contributed by atoms with van der Waals surface area (Å²) in [6.45, 7) is 4.26. The lowest BCUT2D eigenvalue weighted by Gasteiger charge is -2.41. The smallest absolute Gasteiger partial charge is 0.126 e. The monoisotopic (exact) mass is 414 g/mol. The maximum Gasteiger partial charge on any atom is 0.126 e. The summed E-state index contributed by atoms with van der Waals surface area (Å²) >= 11 is 0. The number of aliphatic hydroxyl groups is 4. The summed E-state index contributed by atoms with van der Waals surface area (Å²) in [5.74, 6) is 0.889. The fraction of sp³-hybridized carbons (Fsp3) is 0.500. The molecule has 0 spiro atoms. The van der Waals surface area contributed by atoms with Gasteiger partial charge in [0.25, 0.3) is 0 Å². The van der Waals surface area contributed by atoms with Gasteiger partial charge in [0.05, 0.1) is 13.2 Å². The second-order valence-electron chi connectivity index (χ2n) is 8.25. The third-order valence-electron chi connectivity index (χ3n) is 6.40. The van der Waals surface area contributed by atoms with Crippen LogP contribution in [-0.4, -0.2) is 58.1 Å². The molecule has 4 rings (SSSR count). The van der Waals surface area contributed by atoms with Crippen molar-refractivity contribution >= 4 is 0 Å². The van der Waals surface area contributed by atoms with Crippen molar-refractivity contribution in [2.24, 2.45) is 0 Å². The summed E-state index contributed by atoms with van der Waals surface area (Å²) in [5, 5.41) is 40.6. The zero-order chi connectivity index (χ0) is 21.4. The predicted octanol–water partition coefficient (Wildman–Crippen LogP) is 1.60. The van der Waals surface area contributed by atoms with E-state index in [-0.39, 0.29) is 0 Å². The van der Waals surface area contributed by atoms with Crippen LogP contribution in [0.25, 0.3) is 0 Å². The first-order chi connectivity index (χ1) is 14.4. The van der Waals surface area contributed by atoms with Gasteiger partial charge in [0.1, 0.15) is 36.3 Å². The summed E-state index contributed by atoms with van der Waals surface area (Å²) in [6, 6.07) is 10.5. The van der Waals surface area contributed by atoms with Crippen molar-refractivity contribution in [2.75, 3.05) is 13.2 Å². The highest BCUT2D eigenvalue weighted by Gasteiger charge is 2.45. The summed E-state index contributed by atoms with van der Waals surface area (Å²) in [7, 11) is 0. The van der Waals surface area contributed by atoms with Crippen LogP contribution >= 0.6 is 0 Å². The lowest BCUT2D eigenvalue weighted by atomic mass is 9.85. The number of aliphatic hydroxyl groups excluding tert-OH is 4. The van der Waals surface area contributed by atoms with E-state index in [1.54, 1.807) is 0 Å². The maximum atomic E-state index is 10.6. The molecule has 0 aromatic heterocycles. The number of hydrogen-bond acceptors (Lipinski definition) is 6. The molecular weight excluding hydrogens is 384 g/mol. The normalized spacial score (nSPS) is 28.3. The Morgan fingerprint density at radius 3 is 2.37 bits per heavy atom. The molecule has 2 heterocycles. The van der Waals surface area contributed by atoms with Gasteiger partial charge in [0.15, 0.2) is 0 Å². The molecule has 1 fully saturated rings. The van der Waals surface area contributed by atoms with Crippen LogP contribution in [0.4, 0.5) is 0 Å². The minimum atomic E-state index is -1.39. The van der Waals surface area contributed by atoms with Gasteiger partial charge in [0.2, 0.25) is 0 Å². The molecular formula is C24H30O6. The molecule has 162 valence electrons. The van der Waals surface area contributed by atoms with E-state index in [1.165, 1.54) is 5.56 Å². The van der Waals surface area contributed by atoms with Crippen LogP contribution in [-0.2, 0) is 24.0 Å². The molecule has 2 aliphatic rings. The average Bonchev–Trinajstić information content (AvgIpc) is 3.26. The van der Waals surface area contributed by atoms with Gasteiger partial charge in [-0.1, -0.05) is 31.2 Å². The fourth-order valence-corrected chi connectivity index (χ4v) is 4.53. The van der Waals surface area contributed by atoms with Crippen LogP contribution < -0.4 is 4.74 Å². The highest BCUT2D eigenvalue weighted by Crippen LogP contribution is 2.41. The summed E-state index contributed by atoms with van der Waals surface area (Å²) in [5.41, 5.74) is 6.25. The zero-order valence-corrected chi connectivity index (χ0v) is 17.4. The number of hydrogen-bond donors (Lipinski definition) is 4. The third-order valence-corrected chi connectivity index (χ3v) is 6.40. The predicted molar refractivity (Wildman–Crippen MR) is 112 cm³/mol. The Morgan fingerprint density at radius 2 is 1.70 bits per heavy atom. The van der Waals surface area contributed by atoms with Crippen molar-refractivity contribution in [3.8, 4) is 5.75 Å². The molecule has 6 heteroatoms.